The van der Waals surface area contributed by atoms with E-state index in [0.29, 0.717) is 10.9 Å². The highest BCUT2D eigenvalue weighted by Crippen LogP contribution is 2.29. The van der Waals surface area contributed by atoms with Gasteiger partial charge in [-0.3, -0.25) is 15.1 Å². The Kier molecular flexibility index (Phi) is 5.17. The highest BCUT2D eigenvalue weighted by Gasteiger charge is 2.14. The number of nitro groups is 1. The molecule has 106 valence electrons. The molecule has 2 rings (SSSR count). The molecule has 1 aromatic heterocycles. The lowest BCUT2D eigenvalue weighted by molar-refractivity contribution is -0.383. The molecule has 20 heavy (non-hydrogen) atoms. The summed E-state index contributed by atoms with van der Waals surface area (Å²) >= 11 is 1.84. The van der Waals surface area contributed by atoms with Crippen LogP contribution in [0.15, 0.2) is 30.5 Å². The van der Waals surface area contributed by atoms with Gasteiger partial charge in [0.1, 0.15) is 5.52 Å². The van der Waals surface area contributed by atoms with Gasteiger partial charge in [-0.2, -0.15) is 11.8 Å². The van der Waals surface area contributed by atoms with Crippen LogP contribution in [0.25, 0.3) is 10.9 Å². The highest BCUT2D eigenvalue weighted by atomic mass is 32.2. The van der Waals surface area contributed by atoms with Gasteiger partial charge in [0.25, 0.3) is 5.69 Å². The Morgan fingerprint density at radius 2 is 2.20 bits per heavy atom. The van der Waals surface area contributed by atoms with Crippen LogP contribution >= 0.6 is 11.8 Å². The summed E-state index contributed by atoms with van der Waals surface area (Å²) < 4.78 is 0. The fraction of sp³-hybridized carbons (Fsp3) is 0.357. The maximum atomic E-state index is 11.0. The number of pyridine rings is 1. The zero-order chi connectivity index (χ0) is 14.4. The first-order valence-electron chi connectivity index (χ1n) is 6.49. The summed E-state index contributed by atoms with van der Waals surface area (Å²) in [4.78, 5) is 14.9. The molecule has 0 aliphatic rings. The minimum atomic E-state index is -0.369. The molecule has 0 amide bonds. The van der Waals surface area contributed by atoms with Gasteiger partial charge in [0.05, 0.1) is 16.0 Å². The minimum absolute atomic E-state index is 0.0982. The molecule has 0 aliphatic carbocycles. The molecule has 0 spiro atoms. The van der Waals surface area contributed by atoms with E-state index < -0.39 is 0 Å². The minimum Gasteiger partial charge on any atom is -0.383 e. The number of thioether (sulfide) groups is 1. The molecule has 2 aromatic rings. The quantitative estimate of drug-likeness (QED) is 0.478. The molecule has 0 atom stereocenters. The van der Waals surface area contributed by atoms with Crippen molar-refractivity contribution < 1.29 is 4.92 Å². The second kappa shape index (κ2) is 7.09. The predicted octanol–water partition coefficient (Wildman–Crippen LogP) is 3.70. The lowest BCUT2D eigenvalue weighted by Gasteiger charge is -2.09. The van der Waals surface area contributed by atoms with Crippen LogP contribution in [0.3, 0.4) is 0 Å². The number of benzene rings is 1. The Morgan fingerprint density at radius 1 is 1.35 bits per heavy atom. The molecule has 1 heterocycles. The van der Waals surface area contributed by atoms with Crippen molar-refractivity contribution in [2.45, 2.75) is 12.8 Å². The molecule has 0 saturated carbocycles. The zero-order valence-corrected chi connectivity index (χ0v) is 12.2. The molecule has 0 unspecified atom stereocenters. The van der Waals surface area contributed by atoms with E-state index in [0.717, 1.165) is 30.8 Å². The Labute approximate surface area is 121 Å². The first-order valence-corrected chi connectivity index (χ1v) is 7.88. The van der Waals surface area contributed by atoms with Crippen LogP contribution in [-0.2, 0) is 0 Å². The number of anilines is 1. The summed E-state index contributed by atoms with van der Waals surface area (Å²) in [7, 11) is 0. The van der Waals surface area contributed by atoms with E-state index >= 15 is 0 Å². The largest absolute Gasteiger partial charge is 0.383 e. The van der Waals surface area contributed by atoms with Crippen LogP contribution < -0.4 is 5.32 Å². The van der Waals surface area contributed by atoms with Crippen molar-refractivity contribution in [2.24, 2.45) is 0 Å². The first-order chi connectivity index (χ1) is 9.74. The maximum absolute atomic E-state index is 11.0. The topological polar surface area (TPSA) is 68.1 Å². The summed E-state index contributed by atoms with van der Waals surface area (Å²) in [6.45, 7) is 0.851. The van der Waals surface area contributed by atoms with Crippen molar-refractivity contribution >= 4 is 34.0 Å². The smallest absolute Gasteiger partial charge is 0.278 e. The Morgan fingerprint density at radius 3 is 2.95 bits per heavy atom. The third-order valence-corrected chi connectivity index (χ3v) is 3.73. The standard InChI is InChI=1S/C14H17N3O2S/c1-20-10-3-2-8-15-12-6-7-13(17(18)19)11-5-4-9-16-14(11)12/h4-7,9,15H,2-3,8,10H2,1H3. The number of nitrogens with zero attached hydrogens (tertiary/aromatic N) is 2. The average molecular weight is 291 g/mol. The summed E-state index contributed by atoms with van der Waals surface area (Å²) in [5.74, 6) is 1.15. The number of fused-ring (bicyclic) bond motifs is 1. The number of hydrogen-bond acceptors (Lipinski definition) is 5. The lowest BCUT2D eigenvalue weighted by Crippen LogP contribution is -2.03. The lowest BCUT2D eigenvalue weighted by atomic mass is 10.1. The molecule has 0 aliphatic heterocycles. The van der Waals surface area contributed by atoms with E-state index in [4.69, 9.17) is 0 Å². The monoisotopic (exact) mass is 291 g/mol. The maximum Gasteiger partial charge on any atom is 0.278 e. The number of nitrogens with one attached hydrogen (secondary N) is 1. The van der Waals surface area contributed by atoms with Gasteiger partial charge in [-0.05, 0) is 43.0 Å². The third-order valence-electron chi connectivity index (χ3n) is 3.03. The van der Waals surface area contributed by atoms with Crippen LogP contribution in [0.5, 0.6) is 0 Å². The van der Waals surface area contributed by atoms with Crippen molar-refractivity contribution in [3.8, 4) is 0 Å². The highest BCUT2D eigenvalue weighted by molar-refractivity contribution is 7.98. The van der Waals surface area contributed by atoms with Crippen LogP contribution in [0, 0.1) is 10.1 Å². The molecule has 5 nitrogen and oxygen atoms in total. The van der Waals surface area contributed by atoms with E-state index in [9.17, 15) is 10.1 Å². The Hall–Kier alpha value is -1.82. The molecule has 1 N–H and O–H groups in total. The van der Waals surface area contributed by atoms with Crippen LogP contribution in [0.4, 0.5) is 11.4 Å². The van der Waals surface area contributed by atoms with E-state index in [1.54, 1.807) is 24.4 Å². The van der Waals surface area contributed by atoms with Crippen molar-refractivity contribution in [3.63, 3.8) is 0 Å². The van der Waals surface area contributed by atoms with Crippen molar-refractivity contribution in [3.05, 3.63) is 40.6 Å². The van der Waals surface area contributed by atoms with Gasteiger partial charge in [-0.1, -0.05) is 0 Å². The van der Waals surface area contributed by atoms with Crippen molar-refractivity contribution in [1.29, 1.82) is 0 Å². The molecule has 1 aromatic carbocycles. The summed E-state index contributed by atoms with van der Waals surface area (Å²) in [5, 5.41) is 14.9. The molecular formula is C14H17N3O2S. The fourth-order valence-electron chi connectivity index (χ4n) is 2.05. The van der Waals surface area contributed by atoms with Gasteiger partial charge in [0.15, 0.2) is 0 Å². The second-order valence-corrected chi connectivity index (χ2v) is 5.40. The molecule has 0 radical (unpaired) electrons. The molecular weight excluding hydrogens is 274 g/mol. The molecule has 0 saturated heterocycles. The van der Waals surface area contributed by atoms with E-state index in [-0.39, 0.29) is 10.6 Å². The van der Waals surface area contributed by atoms with E-state index in [2.05, 4.69) is 16.6 Å². The predicted molar refractivity (Wildman–Crippen MR) is 84.5 cm³/mol. The average Bonchev–Trinajstić information content (AvgIpc) is 2.46. The fourth-order valence-corrected chi connectivity index (χ4v) is 2.55. The van der Waals surface area contributed by atoms with Gasteiger partial charge >= 0.3 is 0 Å². The third kappa shape index (κ3) is 3.39. The van der Waals surface area contributed by atoms with Gasteiger partial charge in [0, 0.05) is 18.8 Å². The molecule has 6 heteroatoms. The number of hydrogen-bond donors (Lipinski definition) is 1. The zero-order valence-electron chi connectivity index (χ0n) is 11.3. The summed E-state index contributed by atoms with van der Waals surface area (Å²) in [6.07, 6.45) is 5.99. The van der Waals surface area contributed by atoms with Gasteiger partial charge in [-0.15, -0.1) is 0 Å². The normalized spacial score (nSPS) is 10.7. The van der Waals surface area contributed by atoms with Gasteiger partial charge < -0.3 is 5.32 Å². The number of rotatable bonds is 7. The van der Waals surface area contributed by atoms with Crippen LogP contribution in [0.2, 0.25) is 0 Å². The number of unbranched alkanes of at least 4 members (excludes halogenated alkanes) is 1. The van der Waals surface area contributed by atoms with Crippen molar-refractivity contribution in [2.75, 3.05) is 23.9 Å². The number of aromatic nitrogens is 1. The van der Waals surface area contributed by atoms with Gasteiger partial charge in [0.2, 0.25) is 0 Å². The van der Waals surface area contributed by atoms with E-state index in [1.807, 2.05) is 11.8 Å². The summed E-state index contributed by atoms with van der Waals surface area (Å²) in [5.41, 5.74) is 1.61. The van der Waals surface area contributed by atoms with Crippen LogP contribution in [-0.4, -0.2) is 28.5 Å². The Balaban J connectivity index is 2.18. The van der Waals surface area contributed by atoms with Crippen LogP contribution in [0.1, 0.15) is 12.8 Å². The second-order valence-electron chi connectivity index (χ2n) is 4.42. The SMILES string of the molecule is CSCCCCNc1ccc([N+](=O)[O-])c2cccnc12. The number of nitro benzene ring substituents is 1. The first kappa shape index (κ1) is 14.6. The number of non-ortho nitro benzene ring substituents is 1. The van der Waals surface area contributed by atoms with E-state index in [1.165, 1.54) is 6.07 Å². The molecule has 0 bridgehead atoms. The Bertz CT molecular complexity index is 604. The van der Waals surface area contributed by atoms with Crippen molar-refractivity contribution in [1.82, 2.24) is 4.98 Å². The van der Waals surface area contributed by atoms with Gasteiger partial charge in [-0.25, -0.2) is 0 Å². The molecule has 0 fully saturated rings. The summed E-state index contributed by atoms with van der Waals surface area (Å²) in [6, 6.07) is 6.73.